The number of carbonyl (C=O) groups excluding carboxylic acids is 1. The lowest BCUT2D eigenvalue weighted by molar-refractivity contribution is 0.0971. The van der Waals surface area contributed by atoms with E-state index in [9.17, 15) is 9.59 Å². The van der Waals surface area contributed by atoms with Crippen LogP contribution in [0.1, 0.15) is 34.6 Å². The van der Waals surface area contributed by atoms with Gasteiger partial charge in [0.15, 0.2) is 10.6 Å². The first kappa shape index (κ1) is 20.9. The van der Waals surface area contributed by atoms with E-state index >= 15 is 0 Å². The van der Waals surface area contributed by atoms with E-state index in [4.69, 9.17) is 25.7 Å². The van der Waals surface area contributed by atoms with Crippen LogP contribution in [0.4, 0.5) is 5.13 Å². The average Bonchev–Trinajstić information content (AvgIpc) is 3.38. The first-order valence-electron chi connectivity index (χ1n) is 10.7. The van der Waals surface area contributed by atoms with E-state index < -0.39 is 11.9 Å². The van der Waals surface area contributed by atoms with Crippen molar-refractivity contribution in [3.05, 3.63) is 98.9 Å². The van der Waals surface area contributed by atoms with Gasteiger partial charge in [-0.05, 0) is 55.0 Å². The topological polar surface area (TPSA) is 72.6 Å². The smallest absolute Gasteiger partial charge is 0.297 e. The standard InChI is InChI=1S/C26H17ClN2O4S/c1-2-32-16-10-11-18-20(13-16)34-26(28-18)29-22(14-6-5-7-15(27)12-14)21-23(30)17-8-3-4-9-19(17)33-24(21)25(29)31/h3-13,22H,2H2,1H3/t22-/m0/s1. The largest absolute Gasteiger partial charge is 0.494 e. The zero-order valence-electron chi connectivity index (χ0n) is 17.9. The monoisotopic (exact) mass is 488 g/mol. The Balaban J connectivity index is 1.59. The van der Waals surface area contributed by atoms with Gasteiger partial charge in [0.2, 0.25) is 5.76 Å². The highest BCUT2D eigenvalue weighted by atomic mass is 35.5. The molecule has 0 bridgehead atoms. The molecule has 1 amide bonds. The Morgan fingerprint density at radius 1 is 1.09 bits per heavy atom. The minimum atomic E-state index is -0.714. The molecule has 6 rings (SSSR count). The number of aromatic nitrogens is 1. The highest BCUT2D eigenvalue weighted by Gasteiger charge is 2.45. The Kier molecular flexibility index (Phi) is 4.90. The number of rotatable bonds is 4. The number of thiazole rings is 1. The van der Waals surface area contributed by atoms with Crippen molar-refractivity contribution in [2.24, 2.45) is 0 Å². The summed E-state index contributed by atoms with van der Waals surface area (Å²) in [5.74, 6) is 0.352. The summed E-state index contributed by atoms with van der Waals surface area (Å²) in [5, 5.41) is 1.40. The van der Waals surface area contributed by atoms with Crippen LogP contribution in [0, 0.1) is 0 Å². The minimum Gasteiger partial charge on any atom is -0.494 e. The number of amides is 1. The number of hydrogen-bond donors (Lipinski definition) is 0. The number of ether oxygens (including phenoxy) is 1. The normalized spacial score (nSPS) is 15.3. The van der Waals surface area contributed by atoms with Gasteiger partial charge in [-0.3, -0.25) is 14.5 Å². The molecule has 0 N–H and O–H groups in total. The van der Waals surface area contributed by atoms with Crippen molar-refractivity contribution in [1.82, 2.24) is 4.98 Å². The van der Waals surface area contributed by atoms with E-state index in [1.54, 1.807) is 42.5 Å². The van der Waals surface area contributed by atoms with Crippen LogP contribution in [0.15, 0.2) is 75.9 Å². The van der Waals surface area contributed by atoms with Crippen molar-refractivity contribution < 1.29 is 13.9 Å². The summed E-state index contributed by atoms with van der Waals surface area (Å²) in [6.07, 6.45) is 0. The van der Waals surface area contributed by atoms with Crippen LogP contribution < -0.4 is 15.1 Å². The third-order valence-corrected chi connectivity index (χ3v) is 7.06. The fourth-order valence-corrected chi connectivity index (χ4v) is 5.58. The zero-order valence-corrected chi connectivity index (χ0v) is 19.5. The van der Waals surface area contributed by atoms with Crippen molar-refractivity contribution >= 4 is 55.2 Å². The summed E-state index contributed by atoms with van der Waals surface area (Å²) in [5.41, 5.74) is 1.87. The summed E-state index contributed by atoms with van der Waals surface area (Å²) in [6.45, 7) is 2.47. The van der Waals surface area contributed by atoms with Crippen LogP contribution in [-0.4, -0.2) is 17.5 Å². The lowest BCUT2D eigenvalue weighted by Crippen LogP contribution is -2.29. The van der Waals surface area contributed by atoms with Crippen molar-refractivity contribution in [3.8, 4) is 5.75 Å². The quantitative estimate of drug-likeness (QED) is 0.301. The Labute approximate surface area is 203 Å². The van der Waals surface area contributed by atoms with Crippen LogP contribution in [0.3, 0.4) is 0 Å². The van der Waals surface area contributed by atoms with Gasteiger partial charge in [-0.15, -0.1) is 0 Å². The van der Waals surface area contributed by atoms with Gasteiger partial charge in [0.25, 0.3) is 5.91 Å². The SMILES string of the molecule is CCOc1ccc2nc(N3C(=O)c4oc5ccccc5c(=O)c4[C@@H]3c3cccc(Cl)c3)sc2c1. The maximum Gasteiger partial charge on any atom is 0.297 e. The Hall–Kier alpha value is -3.68. The van der Waals surface area contributed by atoms with Gasteiger partial charge in [0.1, 0.15) is 11.3 Å². The van der Waals surface area contributed by atoms with E-state index in [1.807, 2.05) is 31.2 Å². The van der Waals surface area contributed by atoms with E-state index in [-0.39, 0.29) is 11.2 Å². The molecule has 1 aliphatic heterocycles. The molecule has 8 heteroatoms. The highest BCUT2D eigenvalue weighted by Crippen LogP contribution is 2.44. The van der Waals surface area contributed by atoms with E-state index in [2.05, 4.69) is 0 Å². The Morgan fingerprint density at radius 3 is 2.76 bits per heavy atom. The van der Waals surface area contributed by atoms with Crippen LogP contribution >= 0.6 is 22.9 Å². The minimum absolute atomic E-state index is 0.0305. The number of hydrogen-bond acceptors (Lipinski definition) is 6. The maximum atomic E-state index is 13.7. The molecule has 34 heavy (non-hydrogen) atoms. The molecule has 3 aromatic carbocycles. The number of para-hydroxylation sites is 1. The summed E-state index contributed by atoms with van der Waals surface area (Å²) in [4.78, 5) is 33.6. The first-order valence-corrected chi connectivity index (χ1v) is 11.9. The first-order chi connectivity index (χ1) is 16.5. The molecule has 2 aromatic heterocycles. The average molecular weight is 489 g/mol. The second kappa shape index (κ2) is 7.97. The molecule has 5 aromatic rings. The maximum absolute atomic E-state index is 13.7. The van der Waals surface area contributed by atoms with Crippen molar-refractivity contribution in [1.29, 1.82) is 0 Å². The van der Waals surface area contributed by atoms with Crippen molar-refractivity contribution in [3.63, 3.8) is 0 Å². The molecule has 0 radical (unpaired) electrons. The van der Waals surface area contributed by atoms with E-state index in [0.717, 1.165) is 16.0 Å². The fourth-order valence-electron chi connectivity index (χ4n) is 4.36. The number of halogens is 1. The number of carbonyl (C=O) groups is 1. The lowest BCUT2D eigenvalue weighted by atomic mass is 9.99. The van der Waals surface area contributed by atoms with Gasteiger partial charge in [0.05, 0.1) is 33.8 Å². The van der Waals surface area contributed by atoms with Gasteiger partial charge < -0.3 is 9.15 Å². The van der Waals surface area contributed by atoms with E-state index in [0.29, 0.717) is 38.9 Å². The summed E-state index contributed by atoms with van der Waals surface area (Å²) >= 11 is 7.65. The Bertz CT molecular complexity index is 1660. The molecule has 0 unspecified atom stereocenters. The molecular weight excluding hydrogens is 472 g/mol. The second-order valence-electron chi connectivity index (χ2n) is 7.86. The number of benzene rings is 3. The molecular formula is C26H17ClN2O4S. The van der Waals surface area contributed by atoms with Crippen molar-refractivity contribution in [2.45, 2.75) is 13.0 Å². The zero-order chi connectivity index (χ0) is 23.4. The molecule has 0 saturated carbocycles. The molecule has 0 fully saturated rings. The number of fused-ring (bicyclic) bond motifs is 3. The van der Waals surface area contributed by atoms with Gasteiger partial charge in [-0.1, -0.05) is 47.2 Å². The fraction of sp³-hybridized carbons (Fsp3) is 0.115. The number of anilines is 1. The molecule has 168 valence electrons. The van der Waals surface area contributed by atoms with Gasteiger partial charge in [0, 0.05) is 5.02 Å². The molecule has 3 heterocycles. The van der Waals surface area contributed by atoms with Crippen LogP contribution in [0.5, 0.6) is 5.75 Å². The lowest BCUT2D eigenvalue weighted by Gasteiger charge is -2.22. The second-order valence-corrected chi connectivity index (χ2v) is 9.31. The third kappa shape index (κ3) is 3.20. The van der Waals surface area contributed by atoms with Crippen LogP contribution in [0.25, 0.3) is 21.2 Å². The Morgan fingerprint density at radius 2 is 1.94 bits per heavy atom. The predicted molar refractivity (Wildman–Crippen MR) is 133 cm³/mol. The highest BCUT2D eigenvalue weighted by molar-refractivity contribution is 7.22. The van der Waals surface area contributed by atoms with Gasteiger partial charge >= 0.3 is 0 Å². The van der Waals surface area contributed by atoms with Crippen LogP contribution in [0.2, 0.25) is 5.02 Å². The third-order valence-electron chi connectivity index (χ3n) is 5.81. The van der Waals surface area contributed by atoms with Gasteiger partial charge in [-0.2, -0.15) is 0 Å². The molecule has 0 saturated heterocycles. The molecule has 1 atom stereocenters. The predicted octanol–water partition coefficient (Wildman–Crippen LogP) is 6.20. The molecule has 0 spiro atoms. The number of nitrogens with zero attached hydrogens (tertiary/aromatic N) is 2. The van der Waals surface area contributed by atoms with Gasteiger partial charge in [-0.25, -0.2) is 4.98 Å². The molecule has 6 nitrogen and oxygen atoms in total. The summed E-state index contributed by atoms with van der Waals surface area (Å²) in [6, 6.07) is 19.0. The summed E-state index contributed by atoms with van der Waals surface area (Å²) in [7, 11) is 0. The molecule has 1 aliphatic rings. The van der Waals surface area contributed by atoms with Crippen LogP contribution in [-0.2, 0) is 0 Å². The molecule has 0 aliphatic carbocycles. The summed E-state index contributed by atoms with van der Waals surface area (Å²) < 4.78 is 12.5. The van der Waals surface area contributed by atoms with Crippen molar-refractivity contribution in [2.75, 3.05) is 11.5 Å². The van der Waals surface area contributed by atoms with E-state index in [1.165, 1.54) is 16.2 Å².